The molecule has 0 saturated carbocycles. The van der Waals surface area contributed by atoms with Gasteiger partial charge in [0.15, 0.2) is 0 Å². The molecule has 0 unspecified atom stereocenters. The standard InChI is InChI=1S/C20H20N2O5S2/c1-26-17-10-7-15(18(12-17)27-2)13-21-20(23)14-5-8-16(9-6-14)22-29(24,25)19-4-3-11-28-19/h3-12,22H,13H2,1-2H3,(H,21,23). The Balaban J connectivity index is 1.64. The first-order chi connectivity index (χ1) is 13.9. The number of ether oxygens (including phenoxy) is 2. The molecule has 29 heavy (non-hydrogen) atoms. The van der Waals surface area contributed by atoms with Crippen LogP contribution in [0.2, 0.25) is 0 Å². The van der Waals surface area contributed by atoms with Crippen LogP contribution in [0.3, 0.4) is 0 Å². The average molecular weight is 433 g/mol. The highest BCUT2D eigenvalue weighted by Crippen LogP contribution is 2.24. The lowest BCUT2D eigenvalue weighted by Crippen LogP contribution is -2.23. The number of hydrogen-bond donors (Lipinski definition) is 2. The summed E-state index contributed by atoms with van der Waals surface area (Å²) >= 11 is 1.13. The number of thiophene rings is 1. The second kappa shape index (κ2) is 8.97. The van der Waals surface area contributed by atoms with E-state index in [-0.39, 0.29) is 16.7 Å². The topological polar surface area (TPSA) is 93.7 Å². The Hall–Kier alpha value is -3.04. The number of carbonyl (C=O) groups is 1. The van der Waals surface area contributed by atoms with E-state index in [9.17, 15) is 13.2 Å². The van der Waals surface area contributed by atoms with Crippen molar-refractivity contribution in [3.8, 4) is 11.5 Å². The third-order valence-corrected chi connectivity index (χ3v) is 6.87. The number of methoxy groups -OCH3 is 2. The normalized spacial score (nSPS) is 11.0. The Morgan fingerprint density at radius 1 is 1.03 bits per heavy atom. The minimum Gasteiger partial charge on any atom is -0.497 e. The summed E-state index contributed by atoms with van der Waals surface area (Å²) in [5.41, 5.74) is 1.60. The van der Waals surface area contributed by atoms with Gasteiger partial charge in [0.2, 0.25) is 0 Å². The zero-order chi connectivity index (χ0) is 20.9. The van der Waals surface area contributed by atoms with Crippen LogP contribution in [0.15, 0.2) is 64.2 Å². The molecule has 3 aromatic rings. The monoisotopic (exact) mass is 432 g/mol. The lowest BCUT2D eigenvalue weighted by atomic mass is 10.1. The van der Waals surface area contributed by atoms with Crippen molar-refractivity contribution in [2.75, 3.05) is 18.9 Å². The van der Waals surface area contributed by atoms with Gasteiger partial charge in [-0.2, -0.15) is 0 Å². The molecule has 1 aromatic heterocycles. The van der Waals surface area contributed by atoms with Crippen LogP contribution in [-0.2, 0) is 16.6 Å². The van der Waals surface area contributed by atoms with E-state index in [0.717, 1.165) is 16.9 Å². The summed E-state index contributed by atoms with van der Waals surface area (Å²) in [5.74, 6) is 0.996. The third-order valence-electron chi connectivity index (χ3n) is 4.09. The van der Waals surface area contributed by atoms with Crippen molar-refractivity contribution in [1.82, 2.24) is 5.32 Å². The van der Waals surface area contributed by atoms with Crippen molar-refractivity contribution in [1.29, 1.82) is 0 Å². The molecule has 152 valence electrons. The van der Waals surface area contributed by atoms with Crippen LogP contribution in [0.1, 0.15) is 15.9 Å². The fraction of sp³-hybridized carbons (Fsp3) is 0.150. The number of carbonyl (C=O) groups excluding carboxylic acids is 1. The van der Waals surface area contributed by atoms with Crippen LogP contribution in [0.25, 0.3) is 0 Å². The summed E-state index contributed by atoms with van der Waals surface area (Å²) < 4.78 is 37.7. The van der Waals surface area contributed by atoms with Crippen LogP contribution in [-0.4, -0.2) is 28.5 Å². The van der Waals surface area contributed by atoms with Crippen LogP contribution in [0.5, 0.6) is 11.5 Å². The summed E-state index contributed by atoms with van der Waals surface area (Å²) in [6.07, 6.45) is 0. The van der Waals surface area contributed by atoms with E-state index in [4.69, 9.17) is 9.47 Å². The molecule has 2 aromatic carbocycles. The van der Waals surface area contributed by atoms with Crippen molar-refractivity contribution in [2.45, 2.75) is 10.8 Å². The first-order valence-corrected chi connectivity index (χ1v) is 10.9. The zero-order valence-electron chi connectivity index (χ0n) is 15.8. The van der Waals surface area contributed by atoms with Crippen molar-refractivity contribution in [3.63, 3.8) is 0 Å². The maximum atomic E-state index is 12.4. The summed E-state index contributed by atoms with van der Waals surface area (Å²) in [6, 6.07) is 14.8. The molecule has 0 aliphatic heterocycles. The average Bonchev–Trinajstić information content (AvgIpc) is 3.28. The molecule has 0 fully saturated rings. The molecule has 9 heteroatoms. The van der Waals surface area contributed by atoms with Gasteiger partial charge >= 0.3 is 0 Å². The predicted octanol–water partition coefficient (Wildman–Crippen LogP) is 3.50. The molecule has 0 atom stereocenters. The number of hydrogen-bond acceptors (Lipinski definition) is 6. The molecule has 0 bridgehead atoms. The Morgan fingerprint density at radius 3 is 2.41 bits per heavy atom. The number of nitrogens with one attached hydrogen (secondary N) is 2. The molecular formula is C20H20N2O5S2. The zero-order valence-corrected chi connectivity index (χ0v) is 17.5. The van der Waals surface area contributed by atoms with Crippen LogP contribution < -0.4 is 19.5 Å². The van der Waals surface area contributed by atoms with Crippen molar-refractivity contribution in [2.24, 2.45) is 0 Å². The molecule has 1 amide bonds. The van der Waals surface area contributed by atoms with Crippen molar-refractivity contribution < 1.29 is 22.7 Å². The SMILES string of the molecule is COc1ccc(CNC(=O)c2ccc(NS(=O)(=O)c3cccs3)cc2)c(OC)c1. The van der Waals surface area contributed by atoms with Gasteiger partial charge in [0.1, 0.15) is 15.7 Å². The van der Waals surface area contributed by atoms with E-state index >= 15 is 0 Å². The predicted molar refractivity (Wildman–Crippen MR) is 112 cm³/mol. The number of amides is 1. The van der Waals surface area contributed by atoms with Gasteiger partial charge in [-0.3, -0.25) is 9.52 Å². The number of rotatable bonds is 8. The second-order valence-corrected chi connectivity index (χ2v) is 8.83. The second-order valence-electron chi connectivity index (χ2n) is 5.98. The minimum atomic E-state index is -3.62. The lowest BCUT2D eigenvalue weighted by Gasteiger charge is -2.12. The van der Waals surface area contributed by atoms with Gasteiger partial charge in [0.25, 0.3) is 15.9 Å². The van der Waals surface area contributed by atoms with Crippen LogP contribution in [0, 0.1) is 0 Å². The van der Waals surface area contributed by atoms with E-state index in [2.05, 4.69) is 10.0 Å². The van der Waals surface area contributed by atoms with Gasteiger partial charge < -0.3 is 14.8 Å². The first kappa shape index (κ1) is 20.7. The highest BCUT2D eigenvalue weighted by molar-refractivity contribution is 7.94. The van der Waals surface area contributed by atoms with Crippen molar-refractivity contribution >= 4 is 33.0 Å². The molecule has 2 N–H and O–H groups in total. The van der Waals surface area contributed by atoms with Crippen LogP contribution in [0.4, 0.5) is 5.69 Å². The molecule has 0 radical (unpaired) electrons. The Labute approximate surface area is 173 Å². The molecule has 1 heterocycles. The van der Waals surface area contributed by atoms with E-state index in [1.807, 2.05) is 6.07 Å². The summed E-state index contributed by atoms with van der Waals surface area (Å²) in [7, 11) is -0.497. The van der Waals surface area contributed by atoms with Gasteiger partial charge in [-0.05, 0) is 47.8 Å². The van der Waals surface area contributed by atoms with E-state index in [0.29, 0.717) is 22.7 Å². The molecule has 7 nitrogen and oxygen atoms in total. The minimum absolute atomic E-state index is 0.229. The van der Waals surface area contributed by atoms with E-state index < -0.39 is 10.0 Å². The Bertz CT molecular complexity index is 1080. The maximum Gasteiger partial charge on any atom is 0.271 e. The number of benzene rings is 2. The van der Waals surface area contributed by atoms with Crippen LogP contribution >= 0.6 is 11.3 Å². The van der Waals surface area contributed by atoms with Gasteiger partial charge in [-0.15, -0.1) is 11.3 Å². The third kappa shape index (κ3) is 5.07. The lowest BCUT2D eigenvalue weighted by molar-refractivity contribution is 0.0950. The fourth-order valence-corrected chi connectivity index (χ4v) is 4.64. The highest BCUT2D eigenvalue weighted by Gasteiger charge is 2.15. The molecule has 3 rings (SSSR count). The number of sulfonamides is 1. The van der Waals surface area contributed by atoms with Gasteiger partial charge in [-0.1, -0.05) is 6.07 Å². The molecular weight excluding hydrogens is 412 g/mol. The summed E-state index contributed by atoms with van der Waals surface area (Å²) in [6.45, 7) is 0.277. The van der Waals surface area contributed by atoms with Crippen molar-refractivity contribution in [3.05, 3.63) is 71.1 Å². The first-order valence-electron chi connectivity index (χ1n) is 8.58. The molecule has 0 spiro atoms. The number of anilines is 1. The molecule has 0 aliphatic rings. The highest BCUT2D eigenvalue weighted by atomic mass is 32.2. The smallest absolute Gasteiger partial charge is 0.271 e. The maximum absolute atomic E-state index is 12.4. The fourth-order valence-electron chi connectivity index (χ4n) is 2.59. The Kier molecular flexibility index (Phi) is 6.40. The van der Waals surface area contributed by atoms with E-state index in [1.165, 1.54) is 6.07 Å². The molecule has 0 aliphatic carbocycles. The molecule has 0 saturated heterocycles. The Morgan fingerprint density at radius 2 is 1.79 bits per heavy atom. The summed E-state index contributed by atoms with van der Waals surface area (Å²) in [4.78, 5) is 12.4. The van der Waals surface area contributed by atoms with Gasteiger partial charge in [0, 0.05) is 29.4 Å². The largest absolute Gasteiger partial charge is 0.497 e. The van der Waals surface area contributed by atoms with E-state index in [1.54, 1.807) is 62.1 Å². The quantitative estimate of drug-likeness (QED) is 0.568. The van der Waals surface area contributed by atoms with Gasteiger partial charge in [0.05, 0.1) is 14.2 Å². The van der Waals surface area contributed by atoms with Gasteiger partial charge in [-0.25, -0.2) is 8.42 Å². The summed E-state index contributed by atoms with van der Waals surface area (Å²) in [5, 5.41) is 4.52.